The molecule has 0 aromatic rings. The van der Waals surface area contributed by atoms with E-state index in [2.05, 4.69) is 5.32 Å². The van der Waals surface area contributed by atoms with E-state index in [-0.39, 0.29) is 12.6 Å². The number of rotatable bonds is 35. The zero-order valence-electron chi connectivity index (χ0n) is 28.7. The largest absolute Gasteiger partial charge is 0.463 e. The van der Waals surface area contributed by atoms with Crippen LogP contribution in [0.1, 0.15) is 40.5 Å². The quantitative estimate of drug-likeness (QED) is 0.0771. The van der Waals surface area contributed by atoms with Crippen LogP contribution in [0.15, 0.2) is 0 Å². The molecule has 0 heterocycles. The van der Waals surface area contributed by atoms with Crippen LogP contribution in [-0.2, 0) is 61.6 Å². The lowest BCUT2D eigenvalue weighted by Gasteiger charge is -2.19. The summed E-state index contributed by atoms with van der Waals surface area (Å²) in [4.78, 5) is 22.7. The highest BCUT2D eigenvalue weighted by atomic mass is 16.6. The van der Waals surface area contributed by atoms with E-state index >= 15 is 0 Å². The zero-order valence-corrected chi connectivity index (χ0v) is 28.7. The van der Waals surface area contributed by atoms with Gasteiger partial charge in [-0.25, -0.2) is 4.79 Å². The maximum atomic E-state index is 11.5. The molecular formula is C31H61NO14. The van der Waals surface area contributed by atoms with Crippen molar-refractivity contribution in [2.45, 2.75) is 46.1 Å². The minimum absolute atomic E-state index is 0.192. The van der Waals surface area contributed by atoms with Gasteiger partial charge in [-0.3, -0.25) is 4.79 Å². The van der Waals surface area contributed by atoms with Crippen LogP contribution in [0.4, 0.5) is 4.79 Å². The Morgan fingerprint density at radius 1 is 0.457 bits per heavy atom. The van der Waals surface area contributed by atoms with E-state index in [1.807, 2.05) is 27.7 Å². The molecule has 0 aliphatic heterocycles. The van der Waals surface area contributed by atoms with Gasteiger partial charge in [0, 0.05) is 13.0 Å². The molecule has 0 bridgehead atoms. The molecular weight excluding hydrogens is 610 g/mol. The summed E-state index contributed by atoms with van der Waals surface area (Å²) in [6.45, 7) is 17.3. The maximum Gasteiger partial charge on any atom is 0.407 e. The minimum Gasteiger partial charge on any atom is -0.463 e. The molecule has 0 rings (SSSR count). The Bertz CT molecular complexity index is 666. The highest BCUT2D eigenvalue weighted by Gasteiger charge is 2.15. The molecule has 0 unspecified atom stereocenters. The van der Waals surface area contributed by atoms with E-state index in [4.69, 9.17) is 56.8 Å². The molecule has 0 aromatic carbocycles. The second-order valence-corrected chi connectivity index (χ2v) is 10.5. The van der Waals surface area contributed by atoms with Crippen molar-refractivity contribution in [1.29, 1.82) is 0 Å². The number of carbonyl (C=O) groups excluding carboxylic acids is 2. The van der Waals surface area contributed by atoms with E-state index < -0.39 is 11.7 Å². The summed E-state index contributed by atoms with van der Waals surface area (Å²) >= 11 is 0. The Labute approximate surface area is 275 Å². The normalized spacial score (nSPS) is 11.6. The van der Waals surface area contributed by atoms with Crippen molar-refractivity contribution in [3.05, 3.63) is 0 Å². The molecule has 46 heavy (non-hydrogen) atoms. The number of carbonyl (C=O) groups is 2. The van der Waals surface area contributed by atoms with Crippen LogP contribution in [0.3, 0.4) is 0 Å². The number of nitrogens with one attached hydrogen (secondary N) is 1. The fourth-order valence-corrected chi connectivity index (χ4v) is 3.11. The number of esters is 1. The number of amides is 1. The fraction of sp³-hybridized carbons (Fsp3) is 0.935. The summed E-state index contributed by atoms with van der Waals surface area (Å²) in [5, 5.41) is 2.63. The number of hydrogen-bond donors (Lipinski definition) is 1. The van der Waals surface area contributed by atoms with Gasteiger partial charge in [0.2, 0.25) is 0 Å². The van der Waals surface area contributed by atoms with E-state index in [1.54, 1.807) is 0 Å². The third-order valence-corrected chi connectivity index (χ3v) is 5.21. The highest BCUT2D eigenvalue weighted by Crippen LogP contribution is 2.06. The van der Waals surface area contributed by atoms with E-state index in [1.165, 1.54) is 0 Å². The molecule has 0 aliphatic rings. The van der Waals surface area contributed by atoms with Gasteiger partial charge in [-0.2, -0.15) is 0 Å². The highest BCUT2D eigenvalue weighted by molar-refractivity contribution is 5.69. The van der Waals surface area contributed by atoms with E-state index in [9.17, 15) is 9.59 Å². The maximum absolute atomic E-state index is 11.5. The van der Waals surface area contributed by atoms with Crippen LogP contribution in [0.2, 0.25) is 0 Å². The van der Waals surface area contributed by atoms with Crippen LogP contribution < -0.4 is 5.32 Å². The van der Waals surface area contributed by atoms with Gasteiger partial charge in [0.25, 0.3) is 0 Å². The van der Waals surface area contributed by atoms with E-state index in [0.29, 0.717) is 145 Å². The Morgan fingerprint density at radius 2 is 0.739 bits per heavy atom. The van der Waals surface area contributed by atoms with Gasteiger partial charge in [-0.15, -0.1) is 0 Å². The zero-order chi connectivity index (χ0) is 33.8. The van der Waals surface area contributed by atoms with Crippen molar-refractivity contribution < 1.29 is 66.4 Å². The number of hydrogen-bond acceptors (Lipinski definition) is 14. The average molecular weight is 672 g/mol. The number of alkyl carbamates (subject to hydrolysis) is 1. The van der Waals surface area contributed by atoms with Crippen molar-refractivity contribution in [3.8, 4) is 0 Å². The lowest BCUT2D eigenvalue weighted by molar-refractivity contribution is -0.145. The molecule has 0 saturated carbocycles. The Morgan fingerprint density at radius 3 is 1.02 bits per heavy atom. The van der Waals surface area contributed by atoms with Gasteiger partial charge in [0.15, 0.2) is 0 Å². The molecule has 0 saturated heterocycles. The molecule has 1 amide bonds. The Kier molecular flexibility index (Phi) is 33.4. The molecule has 1 N–H and O–H groups in total. The van der Waals surface area contributed by atoms with Gasteiger partial charge >= 0.3 is 12.1 Å². The van der Waals surface area contributed by atoms with Crippen molar-refractivity contribution in [1.82, 2.24) is 5.32 Å². The van der Waals surface area contributed by atoms with Crippen molar-refractivity contribution >= 4 is 12.1 Å². The smallest absolute Gasteiger partial charge is 0.407 e. The predicted molar refractivity (Wildman–Crippen MR) is 168 cm³/mol. The molecule has 15 nitrogen and oxygen atoms in total. The van der Waals surface area contributed by atoms with Crippen molar-refractivity contribution in [3.63, 3.8) is 0 Å². The van der Waals surface area contributed by atoms with Gasteiger partial charge in [-0.05, 0) is 27.2 Å². The molecule has 0 fully saturated rings. The topological polar surface area (TPSA) is 157 Å². The Balaban J connectivity index is 3.11. The number of ether oxygens (including phenoxy) is 12. The molecule has 0 atom stereocenters. The molecule has 0 spiro atoms. The molecule has 15 heteroatoms. The van der Waals surface area contributed by atoms with E-state index in [0.717, 1.165) is 6.42 Å². The molecule has 0 aromatic heterocycles. The van der Waals surface area contributed by atoms with Crippen molar-refractivity contribution in [2.24, 2.45) is 0 Å². The second kappa shape index (κ2) is 34.7. The van der Waals surface area contributed by atoms with Gasteiger partial charge in [-0.1, -0.05) is 6.92 Å². The van der Waals surface area contributed by atoms with Crippen LogP contribution in [0.5, 0.6) is 0 Å². The van der Waals surface area contributed by atoms with Gasteiger partial charge in [0.1, 0.15) is 12.2 Å². The first-order chi connectivity index (χ1) is 22.3. The molecule has 274 valence electrons. The first kappa shape index (κ1) is 44.3. The Hall–Kier alpha value is -1.66. The first-order valence-corrected chi connectivity index (χ1v) is 16.2. The van der Waals surface area contributed by atoms with Gasteiger partial charge < -0.3 is 62.2 Å². The lowest BCUT2D eigenvalue weighted by atomic mass is 10.2. The lowest BCUT2D eigenvalue weighted by Crippen LogP contribution is -2.34. The van der Waals surface area contributed by atoms with Gasteiger partial charge in [0.05, 0.1) is 132 Å². The monoisotopic (exact) mass is 671 g/mol. The predicted octanol–water partition coefficient (Wildman–Crippen LogP) is 2.02. The summed E-state index contributed by atoms with van der Waals surface area (Å²) in [5.74, 6) is -0.192. The molecule has 0 aliphatic carbocycles. The standard InChI is InChI=1S/C31H61NO14/c1-5-6-29(33)45-28-27-44-26-25-43-24-23-42-22-21-41-20-19-40-18-17-39-16-15-38-14-13-37-12-11-36-10-9-35-8-7-32-30(34)46-31(2,3)4/h5-28H2,1-4H3,(H,32,34). The summed E-state index contributed by atoms with van der Waals surface area (Å²) in [7, 11) is 0. The fourth-order valence-electron chi connectivity index (χ4n) is 3.11. The van der Waals surface area contributed by atoms with Crippen LogP contribution in [-0.4, -0.2) is 163 Å². The summed E-state index contributed by atoms with van der Waals surface area (Å²) in [5.41, 5.74) is -0.513. The summed E-state index contributed by atoms with van der Waals surface area (Å²) < 4.78 is 64.4. The SMILES string of the molecule is CCCC(=O)OCCOCCOCCOCCOCCOCCOCCOCCOCCOCCOCCNC(=O)OC(C)(C)C. The summed E-state index contributed by atoms with van der Waals surface area (Å²) in [6, 6.07) is 0. The minimum atomic E-state index is -0.513. The van der Waals surface area contributed by atoms with Crippen molar-refractivity contribution in [2.75, 3.05) is 145 Å². The van der Waals surface area contributed by atoms with Crippen LogP contribution in [0, 0.1) is 0 Å². The third-order valence-electron chi connectivity index (χ3n) is 5.21. The van der Waals surface area contributed by atoms with Crippen LogP contribution in [0.25, 0.3) is 0 Å². The average Bonchev–Trinajstić information content (AvgIpc) is 3.00. The summed E-state index contributed by atoms with van der Waals surface area (Å²) in [6.07, 6.45) is 0.765. The third kappa shape index (κ3) is 38.5. The first-order valence-electron chi connectivity index (χ1n) is 16.2. The van der Waals surface area contributed by atoms with Crippen LogP contribution >= 0.6 is 0 Å². The second-order valence-electron chi connectivity index (χ2n) is 10.5. The molecule has 0 radical (unpaired) electrons.